The Kier molecular flexibility index (Phi) is 5.92. The van der Waals surface area contributed by atoms with Crippen molar-refractivity contribution in [2.75, 3.05) is 19.6 Å². The molecular formula is C13H27N3O. The van der Waals surface area contributed by atoms with Crippen molar-refractivity contribution in [3.05, 3.63) is 0 Å². The van der Waals surface area contributed by atoms with E-state index >= 15 is 0 Å². The van der Waals surface area contributed by atoms with Gasteiger partial charge in [-0.1, -0.05) is 13.8 Å². The molecule has 1 amide bonds. The Labute approximate surface area is 105 Å². The number of nitrogens with zero attached hydrogens (tertiary/aromatic N) is 1. The van der Waals surface area contributed by atoms with Crippen LogP contribution < -0.4 is 10.6 Å². The Balaban J connectivity index is 2.34. The normalized spacial score (nSPS) is 26.2. The van der Waals surface area contributed by atoms with E-state index in [0.29, 0.717) is 24.7 Å². The van der Waals surface area contributed by atoms with Gasteiger partial charge in [-0.25, -0.2) is 0 Å². The summed E-state index contributed by atoms with van der Waals surface area (Å²) in [6.45, 7) is 11.0. The molecule has 0 aromatic carbocycles. The fourth-order valence-electron chi connectivity index (χ4n) is 2.54. The third kappa shape index (κ3) is 5.04. The Morgan fingerprint density at radius 3 is 2.29 bits per heavy atom. The summed E-state index contributed by atoms with van der Waals surface area (Å²) in [6.07, 6.45) is 2.02. The fourth-order valence-corrected chi connectivity index (χ4v) is 2.54. The molecule has 1 aliphatic rings. The number of carbonyl (C=O) groups excluding carboxylic acids is 1. The van der Waals surface area contributed by atoms with E-state index in [0.717, 1.165) is 25.9 Å². The van der Waals surface area contributed by atoms with Gasteiger partial charge in [0.1, 0.15) is 0 Å². The zero-order valence-electron chi connectivity index (χ0n) is 11.6. The minimum Gasteiger partial charge on any atom is -0.352 e. The molecule has 0 spiro atoms. The monoisotopic (exact) mass is 241 g/mol. The minimum atomic E-state index is 0.167. The first-order chi connectivity index (χ1) is 8.05. The lowest BCUT2D eigenvalue weighted by molar-refractivity contribution is -0.123. The Morgan fingerprint density at radius 2 is 1.82 bits per heavy atom. The smallest absolute Gasteiger partial charge is 0.234 e. The van der Waals surface area contributed by atoms with E-state index in [9.17, 15) is 4.79 Å². The van der Waals surface area contributed by atoms with Crippen molar-refractivity contribution >= 4 is 5.91 Å². The molecule has 1 saturated heterocycles. The van der Waals surface area contributed by atoms with Gasteiger partial charge in [0.05, 0.1) is 6.54 Å². The van der Waals surface area contributed by atoms with E-state index in [1.165, 1.54) is 0 Å². The zero-order valence-corrected chi connectivity index (χ0v) is 11.6. The predicted octanol–water partition coefficient (Wildman–Crippen LogP) is 0.973. The average molecular weight is 241 g/mol. The first-order valence-electron chi connectivity index (χ1n) is 6.82. The van der Waals surface area contributed by atoms with E-state index in [-0.39, 0.29) is 5.91 Å². The number of hydrogen-bond acceptors (Lipinski definition) is 3. The van der Waals surface area contributed by atoms with Crippen molar-refractivity contribution in [1.29, 1.82) is 0 Å². The van der Waals surface area contributed by atoms with Crippen LogP contribution in [0.4, 0.5) is 0 Å². The molecule has 0 saturated carbocycles. The molecule has 4 heteroatoms. The highest BCUT2D eigenvalue weighted by Crippen LogP contribution is 2.04. The van der Waals surface area contributed by atoms with E-state index in [4.69, 9.17) is 0 Å². The van der Waals surface area contributed by atoms with Crippen LogP contribution in [0.5, 0.6) is 0 Å². The highest BCUT2D eigenvalue weighted by atomic mass is 16.2. The summed E-state index contributed by atoms with van der Waals surface area (Å²) in [4.78, 5) is 14.1. The second kappa shape index (κ2) is 6.97. The molecule has 17 heavy (non-hydrogen) atoms. The van der Waals surface area contributed by atoms with Crippen molar-refractivity contribution in [3.63, 3.8) is 0 Å². The third-order valence-electron chi connectivity index (χ3n) is 3.35. The molecule has 1 heterocycles. The molecule has 2 N–H and O–H groups in total. The number of hydrogen-bond donors (Lipinski definition) is 2. The average Bonchev–Trinajstić information content (AvgIpc) is 2.24. The van der Waals surface area contributed by atoms with Gasteiger partial charge in [0.2, 0.25) is 5.91 Å². The van der Waals surface area contributed by atoms with Crippen molar-refractivity contribution in [3.8, 4) is 0 Å². The Hall–Kier alpha value is -0.610. The number of amides is 1. The topological polar surface area (TPSA) is 44.4 Å². The van der Waals surface area contributed by atoms with Crippen LogP contribution in [0.25, 0.3) is 0 Å². The Morgan fingerprint density at radius 1 is 1.29 bits per heavy atom. The van der Waals surface area contributed by atoms with E-state index < -0.39 is 0 Å². The molecule has 2 unspecified atom stereocenters. The lowest BCUT2D eigenvalue weighted by Gasteiger charge is -2.35. The van der Waals surface area contributed by atoms with Crippen molar-refractivity contribution in [1.82, 2.24) is 15.5 Å². The van der Waals surface area contributed by atoms with Crippen LogP contribution in [-0.2, 0) is 4.79 Å². The van der Waals surface area contributed by atoms with Gasteiger partial charge < -0.3 is 10.6 Å². The quantitative estimate of drug-likeness (QED) is 0.754. The van der Waals surface area contributed by atoms with Gasteiger partial charge in [-0.15, -0.1) is 0 Å². The number of piperazine rings is 1. The van der Waals surface area contributed by atoms with E-state index in [1.54, 1.807) is 0 Å². The maximum Gasteiger partial charge on any atom is 0.234 e. The standard InChI is InChI=1S/C13H27N3O/c1-5-12(6-2)15-13(17)9-16-7-10(3)14-11(4)8-16/h10-12,14H,5-9H2,1-4H3,(H,15,17). The van der Waals surface area contributed by atoms with Crippen molar-refractivity contribution in [2.24, 2.45) is 0 Å². The summed E-state index contributed by atoms with van der Waals surface area (Å²) in [5.74, 6) is 0.167. The van der Waals surface area contributed by atoms with Crippen LogP contribution in [0.1, 0.15) is 40.5 Å². The molecule has 2 atom stereocenters. The predicted molar refractivity (Wildman–Crippen MR) is 71.0 cm³/mol. The van der Waals surface area contributed by atoms with Gasteiger partial charge in [0.15, 0.2) is 0 Å². The van der Waals surface area contributed by atoms with Crippen LogP contribution in [-0.4, -0.2) is 48.6 Å². The van der Waals surface area contributed by atoms with Gasteiger partial charge in [-0.3, -0.25) is 9.69 Å². The molecule has 0 aliphatic carbocycles. The van der Waals surface area contributed by atoms with Gasteiger partial charge >= 0.3 is 0 Å². The molecule has 1 rings (SSSR count). The molecular weight excluding hydrogens is 214 g/mol. The summed E-state index contributed by atoms with van der Waals surface area (Å²) in [7, 11) is 0. The zero-order chi connectivity index (χ0) is 12.8. The summed E-state index contributed by atoms with van der Waals surface area (Å²) >= 11 is 0. The van der Waals surface area contributed by atoms with Crippen LogP contribution >= 0.6 is 0 Å². The fraction of sp³-hybridized carbons (Fsp3) is 0.923. The molecule has 0 bridgehead atoms. The molecule has 0 aromatic heterocycles. The third-order valence-corrected chi connectivity index (χ3v) is 3.35. The van der Waals surface area contributed by atoms with Crippen LogP contribution in [0.3, 0.4) is 0 Å². The maximum absolute atomic E-state index is 11.9. The number of nitrogens with one attached hydrogen (secondary N) is 2. The minimum absolute atomic E-state index is 0.167. The highest BCUT2D eigenvalue weighted by Gasteiger charge is 2.22. The van der Waals surface area contributed by atoms with Crippen LogP contribution in [0.2, 0.25) is 0 Å². The van der Waals surface area contributed by atoms with E-state index in [1.807, 2.05) is 0 Å². The van der Waals surface area contributed by atoms with Crippen LogP contribution in [0, 0.1) is 0 Å². The van der Waals surface area contributed by atoms with E-state index in [2.05, 4.69) is 43.2 Å². The van der Waals surface area contributed by atoms with Gasteiger partial charge in [-0.2, -0.15) is 0 Å². The molecule has 4 nitrogen and oxygen atoms in total. The van der Waals surface area contributed by atoms with Gasteiger partial charge in [0, 0.05) is 31.2 Å². The SMILES string of the molecule is CCC(CC)NC(=O)CN1CC(C)NC(C)C1. The molecule has 0 radical (unpaired) electrons. The lowest BCUT2D eigenvalue weighted by atomic mass is 10.1. The second-order valence-corrected chi connectivity index (χ2v) is 5.24. The summed E-state index contributed by atoms with van der Waals surface area (Å²) in [5.41, 5.74) is 0. The largest absolute Gasteiger partial charge is 0.352 e. The van der Waals surface area contributed by atoms with Crippen LogP contribution in [0.15, 0.2) is 0 Å². The van der Waals surface area contributed by atoms with Gasteiger partial charge in [-0.05, 0) is 26.7 Å². The first kappa shape index (κ1) is 14.5. The summed E-state index contributed by atoms with van der Waals surface area (Å²) < 4.78 is 0. The second-order valence-electron chi connectivity index (χ2n) is 5.24. The van der Waals surface area contributed by atoms with Crippen molar-refractivity contribution in [2.45, 2.75) is 58.7 Å². The van der Waals surface area contributed by atoms with Crippen molar-refractivity contribution < 1.29 is 4.79 Å². The Bertz CT molecular complexity index is 231. The van der Waals surface area contributed by atoms with Gasteiger partial charge in [0.25, 0.3) is 0 Å². The summed E-state index contributed by atoms with van der Waals surface area (Å²) in [5, 5.41) is 6.56. The molecule has 1 fully saturated rings. The number of rotatable bonds is 5. The maximum atomic E-state index is 11.9. The molecule has 0 aromatic rings. The highest BCUT2D eigenvalue weighted by molar-refractivity contribution is 5.78. The summed E-state index contributed by atoms with van der Waals surface area (Å²) in [6, 6.07) is 1.28. The molecule has 1 aliphatic heterocycles. The number of carbonyl (C=O) groups is 1. The molecule has 100 valence electrons. The first-order valence-corrected chi connectivity index (χ1v) is 6.82. The lowest BCUT2D eigenvalue weighted by Crippen LogP contribution is -2.56.